The normalized spacial score (nSPS) is 17.2. The van der Waals surface area contributed by atoms with Crippen LogP contribution in [0, 0.1) is 5.92 Å². The Bertz CT molecular complexity index is 1000. The molecular weight excluding hydrogens is 376 g/mol. The van der Waals surface area contributed by atoms with Gasteiger partial charge >= 0.3 is 0 Å². The molecule has 1 aliphatic rings. The first-order valence-corrected chi connectivity index (χ1v) is 10.7. The van der Waals surface area contributed by atoms with E-state index < -0.39 is 0 Å². The zero-order chi connectivity index (χ0) is 20.9. The first kappa shape index (κ1) is 20.4. The number of ether oxygens (including phenoxy) is 1. The predicted molar refractivity (Wildman–Crippen MR) is 119 cm³/mol. The molecule has 0 spiro atoms. The third-order valence-electron chi connectivity index (χ3n) is 6.04. The van der Waals surface area contributed by atoms with Crippen LogP contribution in [0.2, 0.25) is 0 Å². The van der Waals surface area contributed by atoms with E-state index in [1.54, 1.807) is 13.4 Å². The van der Waals surface area contributed by atoms with Crippen LogP contribution in [0.4, 0.5) is 0 Å². The Morgan fingerprint density at radius 2 is 2.17 bits per heavy atom. The largest absolute Gasteiger partial charge is 0.496 e. The standard InChI is InChI=1S/C24H30N4O2/c1-27(24(29)20-9-10-21-22(14-20)26-17-25-21)15-18-6-5-12-28(16-18)13-11-19-7-3-4-8-23(19)30-2/h3-4,7-10,14,17-18H,5-6,11-13,15-16H2,1-2H3,(H,25,26). The molecule has 1 unspecified atom stereocenters. The zero-order valence-corrected chi connectivity index (χ0v) is 17.8. The summed E-state index contributed by atoms with van der Waals surface area (Å²) in [5, 5.41) is 0. The lowest BCUT2D eigenvalue weighted by Crippen LogP contribution is -2.42. The molecule has 0 aliphatic carbocycles. The fourth-order valence-corrected chi connectivity index (χ4v) is 4.45. The second-order valence-corrected chi connectivity index (χ2v) is 8.19. The lowest BCUT2D eigenvalue weighted by atomic mass is 9.96. The number of H-pyrrole nitrogens is 1. The van der Waals surface area contributed by atoms with Crippen molar-refractivity contribution >= 4 is 16.9 Å². The molecule has 0 radical (unpaired) electrons. The summed E-state index contributed by atoms with van der Waals surface area (Å²) in [5.74, 6) is 1.53. The van der Waals surface area contributed by atoms with Crippen molar-refractivity contribution in [2.75, 3.05) is 40.3 Å². The van der Waals surface area contributed by atoms with Gasteiger partial charge in [0, 0.05) is 32.2 Å². The molecule has 0 saturated carbocycles. The van der Waals surface area contributed by atoms with E-state index in [4.69, 9.17) is 4.74 Å². The van der Waals surface area contributed by atoms with Gasteiger partial charge in [-0.1, -0.05) is 18.2 Å². The van der Waals surface area contributed by atoms with Crippen LogP contribution >= 0.6 is 0 Å². The summed E-state index contributed by atoms with van der Waals surface area (Å²) in [4.78, 5) is 24.6. The van der Waals surface area contributed by atoms with Gasteiger partial charge in [-0.3, -0.25) is 4.79 Å². The minimum Gasteiger partial charge on any atom is -0.496 e. The molecule has 1 aliphatic heterocycles. The van der Waals surface area contributed by atoms with Gasteiger partial charge in [0.1, 0.15) is 5.75 Å². The van der Waals surface area contributed by atoms with Crippen LogP contribution in [0.15, 0.2) is 48.8 Å². The summed E-state index contributed by atoms with van der Waals surface area (Å²) in [6.07, 6.45) is 4.99. The molecule has 2 heterocycles. The summed E-state index contributed by atoms with van der Waals surface area (Å²) in [5.41, 5.74) is 3.74. The first-order valence-electron chi connectivity index (χ1n) is 10.7. The summed E-state index contributed by atoms with van der Waals surface area (Å²) in [6, 6.07) is 13.9. The number of fused-ring (bicyclic) bond motifs is 1. The number of likely N-dealkylation sites (tertiary alicyclic amines) is 1. The Morgan fingerprint density at radius 1 is 1.30 bits per heavy atom. The van der Waals surface area contributed by atoms with E-state index in [9.17, 15) is 4.79 Å². The fourth-order valence-electron chi connectivity index (χ4n) is 4.45. The monoisotopic (exact) mass is 406 g/mol. The van der Waals surface area contributed by atoms with E-state index in [1.807, 2.05) is 42.3 Å². The highest BCUT2D eigenvalue weighted by molar-refractivity contribution is 5.97. The number of hydrogen-bond acceptors (Lipinski definition) is 4. The van der Waals surface area contributed by atoms with E-state index in [0.29, 0.717) is 11.5 Å². The molecule has 2 aromatic carbocycles. The van der Waals surface area contributed by atoms with Crippen molar-refractivity contribution in [1.29, 1.82) is 0 Å². The van der Waals surface area contributed by atoms with E-state index >= 15 is 0 Å². The molecular formula is C24H30N4O2. The third kappa shape index (κ3) is 4.65. The number of nitrogens with zero attached hydrogens (tertiary/aromatic N) is 3. The smallest absolute Gasteiger partial charge is 0.253 e. The number of aromatic nitrogens is 2. The number of para-hydroxylation sites is 1. The first-order chi connectivity index (χ1) is 14.6. The fraction of sp³-hybridized carbons (Fsp3) is 0.417. The van der Waals surface area contributed by atoms with Crippen molar-refractivity contribution in [3.05, 3.63) is 59.9 Å². The summed E-state index contributed by atoms with van der Waals surface area (Å²) in [7, 11) is 3.64. The van der Waals surface area contributed by atoms with Crippen LogP contribution in [0.5, 0.6) is 5.75 Å². The molecule has 1 fully saturated rings. The summed E-state index contributed by atoms with van der Waals surface area (Å²) >= 11 is 0. The van der Waals surface area contributed by atoms with Crippen LogP contribution in [0.1, 0.15) is 28.8 Å². The number of carbonyl (C=O) groups is 1. The summed E-state index contributed by atoms with van der Waals surface area (Å²) < 4.78 is 5.48. The van der Waals surface area contributed by atoms with E-state index in [0.717, 1.165) is 49.4 Å². The summed E-state index contributed by atoms with van der Waals surface area (Å²) in [6.45, 7) is 3.96. The number of nitrogens with one attached hydrogen (secondary N) is 1. The second kappa shape index (κ2) is 9.30. The number of carbonyl (C=O) groups excluding carboxylic acids is 1. The maximum atomic E-state index is 12.9. The second-order valence-electron chi connectivity index (χ2n) is 8.19. The molecule has 158 valence electrons. The quantitative estimate of drug-likeness (QED) is 0.651. The number of amides is 1. The molecule has 1 N–H and O–H groups in total. The van der Waals surface area contributed by atoms with Crippen LogP contribution < -0.4 is 4.74 Å². The van der Waals surface area contributed by atoms with Crippen molar-refractivity contribution in [2.24, 2.45) is 5.92 Å². The maximum absolute atomic E-state index is 12.9. The maximum Gasteiger partial charge on any atom is 0.253 e. The van der Waals surface area contributed by atoms with Crippen molar-refractivity contribution in [2.45, 2.75) is 19.3 Å². The number of methoxy groups -OCH3 is 1. The molecule has 4 rings (SSSR count). The Labute approximate surface area is 177 Å². The van der Waals surface area contributed by atoms with Gasteiger partial charge in [0.2, 0.25) is 0 Å². The van der Waals surface area contributed by atoms with Crippen molar-refractivity contribution < 1.29 is 9.53 Å². The lowest BCUT2D eigenvalue weighted by Gasteiger charge is -2.34. The molecule has 6 heteroatoms. The van der Waals surface area contributed by atoms with Gasteiger partial charge in [0.25, 0.3) is 5.91 Å². The molecule has 3 aromatic rings. The third-order valence-corrected chi connectivity index (χ3v) is 6.04. The van der Waals surface area contributed by atoms with E-state index in [2.05, 4.69) is 27.0 Å². The van der Waals surface area contributed by atoms with E-state index in [1.165, 1.54) is 18.4 Å². The molecule has 1 saturated heterocycles. The van der Waals surface area contributed by atoms with Crippen LogP contribution in [-0.2, 0) is 6.42 Å². The average molecular weight is 407 g/mol. The Hall–Kier alpha value is -2.86. The number of hydrogen-bond donors (Lipinski definition) is 1. The zero-order valence-electron chi connectivity index (χ0n) is 17.8. The molecule has 1 aromatic heterocycles. The molecule has 1 amide bonds. The SMILES string of the molecule is COc1ccccc1CCN1CCCC(CN(C)C(=O)c2ccc3nc[nH]c3c2)C1. The van der Waals surface area contributed by atoms with Gasteiger partial charge in [0.05, 0.1) is 24.5 Å². The Morgan fingerprint density at radius 3 is 3.03 bits per heavy atom. The highest BCUT2D eigenvalue weighted by Gasteiger charge is 2.23. The van der Waals surface area contributed by atoms with Crippen molar-refractivity contribution in [3.8, 4) is 5.75 Å². The van der Waals surface area contributed by atoms with Crippen molar-refractivity contribution in [3.63, 3.8) is 0 Å². The number of imidazole rings is 1. The van der Waals surface area contributed by atoms with Crippen molar-refractivity contribution in [1.82, 2.24) is 19.8 Å². The minimum atomic E-state index is 0.0673. The van der Waals surface area contributed by atoms with E-state index in [-0.39, 0.29) is 5.91 Å². The predicted octanol–water partition coefficient (Wildman–Crippen LogP) is 3.60. The van der Waals surface area contributed by atoms with Gasteiger partial charge < -0.3 is 19.5 Å². The van der Waals surface area contributed by atoms with Gasteiger partial charge in [-0.2, -0.15) is 0 Å². The van der Waals surface area contributed by atoms with Crippen LogP contribution in [0.25, 0.3) is 11.0 Å². The number of rotatable bonds is 7. The highest BCUT2D eigenvalue weighted by Crippen LogP contribution is 2.22. The van der Waals surface area contributed by atoms with Gasteiger partial charge in [0.15, 0.2) is 0 Å². The molecule has 6 nitrogen and oxygen atoms in total. The van der Waals surface area contributed by atoms with Gasteiger partial charge in [-0.25, -0.2) is 4.98 Å². The Kier molecular flexibility index (Phi) is 6.33. The molecule has 0 bridgehead atoms. The number of piperidine rings is 1. The van der Waals surface area contributed by atoms with Crippen LogP contribution in [-0.4, -0.2) is 66.0 Å². The van der Waals surface area contributed by atoms with Crippen LogP contribution in [0.3, 0.4) is 0 Å². The minimum absolute atomic E-state index is 0.0673. The number of benzene rings is 2. The number of aromatic amines is 1. The van der Waals surface area contributed by atoms with Gasteiger partial charge in [-0.05, 0) is 61.6 Å². The average Bonchev–Trinajstić information content (AvgIpc) is 3.25. The topological polar surface area (TPSA) is 61.5 Å². The molecule has 1 atom stereocenters. The van der Waals surface area contributed by atoms with Gasteiger partial charge in [-0.15, -0.1) is 0 Å². The Balaban J connectivity index is 1.32. The molecule has 30 heavy (non-hydrogen) atoms. The highest BCUT2D eigenvalue weighted by atomic mass is 16.5. The lowest BCUT2D eigenvalue weighted by molar-refractivity contribution is 0.0730.